The molecule has 0 radical (unpaired) electrons. The number of hydrogen-bond donors (Lipinski definition) is 1. The fraction of sp³-hybridized carbons (Fsp3) is 0.412. The number of halogens is 1. The van der Waals surface area contributed by atoms with Gasteiger partial charge in [-0.15, -0.1) is 11.3 Å². The molecule has 3 heteroatoms. The Kier molecular flexibility index (Phi) is 4.59. The molecule has 0 amide bonds. The van der Waals surface area contributed by atoms with Gasteiger partial charge in [0.15, 0.2) is 0 Å². The maximum atomic E-state index is 3.71. The first-order valence-electron chi connectivity index (χ1n) is 7.38. The van der Waals surface area contributed by atoms with Gasteiger partial charge in [-0.25, -0.2) is 0 Å². The third kappa shape index (κ3) is 3.00. The Morgan fingerprint density at radius 3 is 2.75 bits per heavy atom. The Balaban J connectivity index is 1.90. The average molecular weight is 350 g/mol. The standard InChI is InChI=1S/C17H20BrNS/c1-2-10-19-17(12-6-8-14(18)9-7-12)16-11-13-4-3-5-15(13)20-16/h6-9,11,17,19H,2-5,10H2,1H3. The fourth-order valence-electron chi connectivity index (χ4n) is 2.82. The van der Waals surface area contributed by atoms with Crippen molar-refractivity contribution in [1.29, 1.82) is 0 Å². The van der Waals surface area contributed by atoms with Gasteiger partial charge in [-0.3, -0.25) is 0 Å². The lowest BCUT2D eigenvalue weighted by Crippen LogP contribution is -2.22. The third-order valence-electron chi connectivity index (χ3n) is 3.85. The fourth-order valence-corrected chi connectivity index (χ4v) is 4.45. The predicted molar refractivity (Wildman–Crippen MR) is 90.6 cm³/mol. The number of thiophene rings is 1. The van der Waals surface area contributed by atoms with E-state index in [9.17, 15) is 0 Å². The van der Waals surface area contributed by atoms with Crippen molar-refractivity contribution in [2.45, 2.75) is 38.6 Å². The molecule has 20 heavy (non-hydrogen) atoms. The quantitative estimate of drug-likeness (QED) is 0.792. The molecule has 1 aliphatic rings. The van der Waals surface area contributed by atoms with Crippen LogP contribution in [-0.4, -0.2) is 6.54 Å². The molecule has 1 N–H and O–H groups in total. The number of benzene rings is 1. The van der Waals surface area contributed by atoms with Gasteiger partial charge in [0.25, 0.3) is 0 Å². The molecule has 106 valence electrons. The van der Waals surface area contributed by atoms with Gasteiger partial charge in [-0.05, 0) is 61.6 Å². The number of fused-ring (bicyclic) bond motifs is 1. The van der Waals surface area contributed by atoms with E-state index >= 15 is 0 Å². The average Bonchev–Trinajstić information content (AvgIpc) is 3.02. The molecule has 1 aromatic carbocycles. The Bertz CT molecular complexity index is 552. The molecule has 1 unspecified atom stereocenters. The van der Waals surface area contributed by atoms with Crippen LogP contribution in [0.15, 0.2) is 34.8 Å². The molecule has 3 rings (SSSR count). The van der Waals surface area contributed by atoms with E-state index in [1.165, 1.54) is 29.7 Å². The van der Waals surface area contributed by atoms with Crippen LogP contribution in [0.2, 0.25) is 0 Å². The highest BCUT2D eigenvalue weighted by Gasteiger charge is 2.21. The zero-order valence-corrected chi connectivity index (χ0v) is 14.2. The molecule has 0 saturated carbocycles. The lowest BCUT2D eigenvalue weighted by atomic mass is 10.0. The van der Waals surface area contributed by atoms with Crippen LogP contribution in [0.25, 0.3) is 0 Å². The number of aryl methyl sites for hydroxylation is 2. The molecule has 0 saturated heterocycles. The van der Waals surface area contributed by atoms with Gasteiger partial charge >= 0.3 is 0 Å². The molecule has 1 nitrogen and oxygen atoms in total. The van der Waals surface area contributed by atoms with E-state index in [4.69, 9.17) is 0 Å². The van der Waals surface area contributed by atoms with E-state index in [0.29, 0.717) is 6.04 Å². The highest BCUT2D eigenvalue weighted by molar-refractivity contribution is 9.10. The summed E-state index contributed by atoms with van der Waals surface area (Å²) in [4.78, 5) is 3.09. The normalized spacial score (nSPS) is 15.3. The molecule has 1 atom stereocenters. The van der Waals surface area contributed by atoms with Crippen molar-refractivity contribution < 1.29 is 0 Å². The van der Waals surface area contributed by atoms with Crippen molar-refractivity contribution in [2.75, 3.05) is 6.54 Å². The lowest BCUT2D eigenvalue weighted by molar-refractivity contribution is 0.605. The SMILES string of the molecule is CCCNC(c1ccc(Br)cc1)c1cc2c(s1)CCC2. The second kappa shape index (κ2) is 6.42. The number of nitrogens with one attached hydrogen (secondary N) is 1. The number of hydrogen-bond acceptors (Lipinski definition) is 2. The summed E-state index contributed by atoms with van der Waals surface area (Å²) in [6.45, 7) is 3.28. The molecule has 0 bridgehead atoms. The Morgan fingerprint density at radius 1 is 1.25 bits per heavy atom. The van der Waals surface area contributed by atoms with Crippen LogP contribution >= 0.6 is 27.3 Å². The van der Waals surface area contributed by atoms with Gasteiger partial charge in [-0.2, -0.15) is 0 Å². The highest BCUT2D eigenvalue weighted by Crippen LogP contribution is 2.36. The first-order valence-corrected chi connectivity index (χ1v) is 8.99. The predicted octanol–water partition coefficient (Wildman–Crippen LogP) is 5.09. The van der Waals surface area contributed by atoms with Gasteiger partial charge in [0, 0.05) is 14.2 Å². The first kappa shape index (κ1) is 14.3. The zero-order chi connectivity index (χ0) is 13.9. The van der Waals surface area contributed by atoms with Crippen molar-refractivity contribution in [3.05, 3.63) is 55.7 Å². The summed E-state index contributed by atoms with van der Waals surface area (Å²) in [6.07, 6.45) is 5.05. The molecule has 1 aromatic heterocycles. The van der Waals surface area contributed by atoms with Crippen LogP contribution in [0.3, 0.4) is 0 Å². The topological polar surface area (TPSA) is 12.0 Å². The van der Waals surface area contributed by atoms with E-state index in [1.54, 1.807) is 10.4 Å². The van der Waals surface area contributed by atoms with Crippen molar-refractivity contribution in [1.82, 2.24) is 5.32 Å². The van der Waals surface area contributed by atoms with Gasteiger partial charge in [0.1, 0.15) is 0 Å². The molecule has 1 aliphatic carbocycles. The Labute approximate surface area is 133 Å². The summed E-state index contributed by atoms with van der Waals surface area (Å²) in [6, 6.07) is 11.5. The summed E-state index contributed by atoms with van der Waals surface area (Å²) in [5.74, 6) is 0. The molecular weight excluding hydrogens is 330 g/mol. The minimum absolute atomic E-state index is 0.346. The zero-order valence-electron chi connectivity index (χ0n) is 11.8. The summed E-state index contributed by atoms with van der Waals surface area (Å²) < 4.78 is 1.14. The summed E-state index contributed by atoms with van der Waals surface area (Å²) in [5, 5.41) is 3.71. The van der Waals surface area contributed by atoms with Crippen LogP contribution in [0.4, 0.5) is 0 Å². The lowest BCUT2D eigenvalue weighted by Gasteiger charge is -2.18. The Morgan fingerprint density at radius 2 is 2.05 bits per heavy atom. The van der Waals surface area contributed by atoms with Crippen LogP contribution in [0.5, 0.6) is 0 Å². The molecule has 0 fully saturated rings. The molecule has 0 aliphatic heterocycles. The van der Waals surface area contributed by atoms with Crippen molar-refractivity contribution >= 4 is 27.3 Å². The van der Waals surface area contributed by atoms with Gasteiger partial charge < -0.3 is 5.32 Å². The first-order chi connectivity index (χ1) is 9.78. The molecular formula is C17H20BrNS. The molecule has 2 aromatic rings. The minimum atomic E-state index is 0.346. The van der Waals surface area contributed by atoms with E-state index < -0.39 is 0 Å². The molecule has 0 spiro atoms. The second-order valence-electron chi connectivity index (χ2n) is 5.39. The van der Waals surface area contributed by atoms with Crippen LogP contribution < -0.4 is 5.32 Å². The molecule has 1 heterocycles. The van der Waals surface area contributed by atoms with Crippen LogP contribution in [-0.2, 0) is 12.8 Å². The van der Waals surface area contributed by atoms with E-state index in [0.717, 1.165) is 17.4 Å². The van der Waals surface area contributed by atoms with Gasteiger partial charge in [0.2, 0.25) is 0 Å². The van der Waals surface area contributed by atoms with Crippen LogP contribution in [0, 0.1) is 0 Å². The highest BCUT2D eigenvalue weighted by atomic mass is 79.9. The minimum Gasteiger partial charge on any atom is -0.306 e. The van der Waals surface area contributed by atoms with Crippen LogP contribution in [0.1, 0.15) is 46.7 Å². The summed E-state index contributed by atoms with van der Waals surface area (Å²) in [5.41, 5.74) is 2.95. The monoisotopic (exact) mass is 349 g/mol. The van der Waals surface area contributed by atoms with E-state index in [2.05, 4.69) is 58.5 Å². The van der Waals surface area contributed by atoms with E-state index in [-0.39, 0.29) is 0 Å². The van der Waals surface area contributed by atoms with Crippen molar-refractivity contribution in [3.8, 4) is 0 Å². The smallest absolute Gasteiger partial charge is 0.0671 e. The summed E-state index contributed by atoms with van der Waals surface area (Å²) in [7, 11) is 0. The van der Waals surface area contributed by atoms with Crippen molar-refractivity contribution in [2.24, 2.45) is 0 Å². The largest absolute Gasteiger partial charge is 0.306 e. The summed E-state index contributed by atoms with van der Waals surface area (Å²) >= 11 is 5.53. The third-order valence-corrected chi connectivity index (χ3v) is 5.68. The number of rotatable bonds is 5. The van der Waals surface area contributed by atoms with Crippen molar-refractivity contribution in [3.63, 3.8) is 0 Å². The Hall–Kier alpha value is -0.640. The van der Waals surface area contributed by atoms with E-state index in [1.807, 2.05) is 11.3 Å². The van der Waals surface area contributed by atoms with Gasteiger partial charge in [0.05, 0.1) is 6.04 Å². The maximum absolute atomic E-state index is 3.71. The second-order valence-corrected chi connectivity index (χ2v) is 7.47. The maximum Gasteiger partial charge on any atom is 0.0671 e. The van der Waals surface area contributed by atoms with Gasteiger partial charge in [-0.1, -0.05) is 35.0 Å².